The van der Waals surface area contributed by atoms with Gasteiger partial charge in [-0.25, -0.2) is 17.8 Å². The third kappa shape index (κ3) is 3.66. The van der Waals surface area contributed by atoms with Crippen molar-refractivity contribution in [2.45, 2.75) is 11.8 Å². The van der Waals surface area contributed by atoms with Gasteiger partial charge in [-0.15, -0.1) is 0 Å². The lowest BCUT2D eigenvalue weighted by Crippen LogP contribution is -2.14. The van der Waals surface area contributed by atoms with E-state index in [9.17, 15) is 12.8 Å². The van der Waals surface area contributed by atoms with Gasteiger partial charge in [0.05, 0.1) is 15.1 Å². The van der Waals surface area contributed by atoms with Gasteiger partial charge in [0.1, 0.15) is 11.0 Å². The summed E-state index contributed by atoms with van der Waals surface area (Å²) in [5.74, 6) is -0.685. The van der Waals surface area contributed by atoms with Crippen molar-refractivity contribution < 1.29 is 12.8 Å². The first-order valence-corrected chi connectivity index (χ1v) is 8.54. The lowest BCUT2D eigenvalue weighted by Gasteiger charge is -2.12. The number of anilines is 1. The number of nitrogens with zero attached hydrogens (tertiary/aromatic N) is 1. The molecule has 0 unspecified atom stereocenters. The summed E-state index contributed by atoms with van der Waals surface area (Å²) in [5.41, 5.74) is 0.602. The lowest BCUT2D eigenvalue weighted by molar-refractivity contribution is 0.593. The van der Waals surface area contributed by atoms with Gasteiger partial charge in [-0.05, 0) is 52.7 Å². The fraction of sp³-hybridized carbons (Fsp3) is 0.0833. The van der Waals surface area contributed by atoms with Crippen molar-refractivity contribution in [1.29, 1.82) is 0 Å². The zero-order chi connectivity index (χ0) is 15.8. The number of aryl methyl sites for hydroxylation is 1. The molecule has 1 heterocycles. The highest BCUT2D eigenvalue weighted by Crippen LogP contribution is 2.29. The van der Waals surface area contributed by atoms with Crippen LogP contribution in [0.15, 0.2) is 33.6 Å². The highest BCUT2D eigenvalue weighted by Gasteiger charge is 2.19. The van der Waals surface area contributed by atoms with Gasteiger partial charge >= 0.3 is 0 Å². The molecular weight excluding hydrogens is 406 g/mol. The zero-order valence-electron chi connectivity index (χ0n) is 10.5. The highest BCUT2D eigenvalue weighted by atomic mass is 79.9. The number of benzene rings is 1. The number of hydrogen-bond donors (Lipinski definition) is 1. The quantitative estimate of drug-likeness (QED) is 0.758. The molecule has 2 aromatic rings. The van der Waals surface area contributed by atoms with Crippen LogP contribution in [-0.4, -0.2) is 13.4 Å². The Bertz CT molecular complexity index is 792. The Morgan fingerprint density at radius 2 is 1.95 bits per heavy atom. The third-order valence-electron chi connectivity index (χ3n) is 2.58. The van der Waals surface area contributed by atoms with Crippen LogP contribution in [0.25, 0.3) is 0 Å². The molecule has 0 bridgehead atoms. The first-order valence-electron chi connectivity index (χ1n) is 5.51. The molecule has 21 heavy (non-hydrogen) atoms. The summed E-state index contributed by atoms with van der Waals surface area (Å²) in [4.78, 5) is 3.54. The first-order chi connectivity index (χ1) is 9.70. The van der Waals surface area contributed by atoms with Crippen LogP contribution in [0.1, 0.15) is 5.56 Å². The van der Waals surface area contributed by atoms with Crippen molar-refractivity contribution in [3.63, 3.8) is 0 Å². The molecule has 0 saturated heterocycles. The van der Waals surface area contributed by atoms with Gasteiger partial charge in [-0.1, -0.05) is 23.2 Å². The molecule has 0 atom stereocenters. The fourth-order valence-corrected chi connectivity index (χ4v) is 3.59. The maximum Gasteiger partial charge on any atom is 0.262 e. The van der Waals surface area contributed by atoms with Gasteiger partial charge in [-0.3, -0.25) is 4.72 Å². The van der Waals surface area contributed by atoms with E-state index >= 15 is 0 Å². The summed E-state index contributed by atoms with van der Waals surface area (Å²) in [7, 11) is -3.99. The van der Waals surface area contributed by atoms with E-state index in [1.54, 1.807) is 6.92 Å². The van der Waals surface area contributed by atoms with Crippen LogP contribution in [0.5, 0.6) is 0 Å². The van der Waals surface area contributed by atoms with Crippen LogP contribution >= 0.6 is 39.1 Å². The molecular formula is C12H8BrCl2FN2O2S. The average Bonchev–Trinajstić information content (AvgIpc) is 2.37. The summed E-state index contributed by atoms with van der Waals surface area (Å²) in [6.07, 6.45) is 0. The number of halogens is 4. The van der Waals surface area contributed by atoms with Crippen molar-refractivity contribution >= 4 is 54.8 Å². The number of rotatable bonds is 3. The van der Waals surface area contributed by atoms with E-state index in [1.165, 1.54) is 18.2 Å². The second kappa shape index (κ2) is 6.08. The Hall–Kier alpha value is -0.890. The monoisotopic (exact) mass is 412 g/mol. The molecule has 1 aromatic heterocycles. The van der Waals surface area contributed by atoms with E-state index in [0.717, 1.165) is 6.07 Å². The van der Waals surface area contributed by atoms with E-state index in [-0.39, 0.29) is 25.4 Å². The van der Waals surface area contributed by atoms with E-state index in [0.29, 0.717) is 5.56 Å². The van der Waals surface area contributed by atoms with Crippen LogP contribution in [0, 0.1) is 12.7 Å². The van der Waals surface area contributed by atoms with Crippen LogP contribution in [0.2, 0.25) is 10.3 Å². The average molecular weight is 414 g/mol. The van der Waals surface area contributed by atoms with Gasteiger partial charge in [0.2, 0.25) is 0 Å². The Morgan fingerprint density at radius 3 is 2.52 bits per heavy atom. The van der Waals surface area contributed by atoms with E-state index in [4.69, 9.17) is 23.2 Å². The molecule has 0 aliphatic heterocycles. The van der Waals surface area contributed by atoms with Gasteiger partial charge in [0, 0.05) is 0 Å². The van der Waals surface area contributed by atoms with Crippen molar-refractivity contribution in [3.8, 4) is 0 Å². The third-order valence-corrected chi connectivity index (χ3v) is 5.04. The van der Waals surface area contributed by atoms with E-state index in [1.807, 2.05) is 0 Å². The molecule has 9 heteroatoms. The molecule has 112 valence electrons. The van der Waals surface area contributed by atoms with Crippen LogP contribution < -0.4 is 4.72 Å². The zero-order valence-corrected chi connectivity index (χ0v) is 14.4. The molecule has 0 fully saturated rings. The smallest absolute Gasteiger partial charge is 0.262 e. The molecule has 0 aliphatic carbocycles. The number of sulfonamides is 1. The van der Waals surface area contributed by atoms with Crippen LogP contribution in [0.3, 0.4) is 0 Å². The Balaban J connectivity index is 2.44. The van der Waals surface area contributed by atoms with Gasteiger partial charge in [0.25, 0.3) is 10.0 Å². The van der Waals surface area contributed by atoms with E-state index in [2.05, 4.69) is 25.6 Å². The Morgan fingerprint density at radius 1 is 1.29 bits per heavy atom. The maximum absolute atomic E-state index is 13.5. The predicted molar refractivity (Wildman–Crippen MR) is 83.9 cm³/mol. The second-order valence-electron chi connectivity index (χ2n) is 4.11. The minimum atomic E-state index is -3.99. The molecule has 1 aromatic carbocycles. The number of pyridine rings is 1. The molecule has 1 N–H and O–H groups in total. The molecule has 0 aliphatic rings. The second-order valence-corrected chi connectivity index (χ2v) is 7.39. The van der Waals surface area contributed by atoms with Crippen molar-refractivity contribution in [3.05, 3.63) is 50.4 Å². The molecule has 4 nitrogen and oxygen atoms in total. The summed E-state index contributed by atoms with van der Waals surface area (Å²) in [6.45, 7) is 1.62. The minimum absolute atomic E-state index is 0.0823. The van der Waals surface area contributed by atoms with Gasteiger partial charge in [-0.2, -0.15) is 0 Å². The van der Waals surface area contributed by atoms with Crippen LogP contribution in [-0.2, 0) is 10.0 Å². The SMILES string of the molecule is Cc1cc(Cl)nc(Cl)c1NS(=O)(=O)c1ccc(Br)c(F)c1. The summed E-state index contributed by atoms with van der Waals surface area (Å²) >= 11 is 14.6. The maximum atomic E-state index is 13.5. The molecule has 0 amide bonds. The fourth-order valence-electron chi connectivity index (χ4n) is 1.56. The summed E-state index contributed by atoms with van der Waals surface area (Å²) in [5, 5.41) is 0.0660. The topological polar surface area (TPSA) is 59.1 Å². The van der Waals surface area contributed by atoms with E-state index < -0.39 is 15.8 Å². The standard InChI is InChI=1S/C12H8BrCl2FN2O2S/c1-6-4-10(14)17-12(15)11(6)18-21(19,20)7-2-3-8(13)9(16)5-7/h2-5,18H,1H3. The molecule has 2 rings (SSSR count). The lowest BCUT2D eigenvalue weighted by atomic mass is 10.3. The normalized spacial score (nSPS) is 11.5. The molecule has 0 saturated carbocycles. The minimum Gasteiger partial charge on any atom is -0.276 e. The van der Waals surface area contributed by atoms with Crippen LogP contribution in [0.4, 0.5) is 10.1 Å². The molecule has 0 radical (unpaired) electrons. The predicted octanol–water partition coefficient (Wildman–Crippen LogP) is 4.40. The Labute approximate surface area is 139 Å². The van der Waals surface area contributed by atoms with Gasteiger partial charge < -0.3 is 0 Å². The van der Waals surface area contributed by atoms with Crippen molar-refractivity contribution in [2.24, 2.45) is 0 Å². The number of hydrogen-bond acceptors (Lipinski definition) is 3. The summed E-state index contributed by atoms with van der Waals surface area (Å²) < 4.78 is 40.4. The largest absolute Gasteiger partial charge is 0.276 e. The van der Waals surface area contributed by atoms with Crippen molar-refractivity contribution in [1.82, 2.24) is 4.98 Å². The number of aromatic nitrogens is 1. The Kier molecular flexibility index (Phi) is 4.77. The highest BCUT2D eigenvalue weighted by molar-refractivity contribution is 9.10. The number of nitrogens with one attached hydrogen (secondary N) is 1. The first kappa shape index (κ1) is 16.5. The summed E-state index contributed by atoms with van der Waals surface area (Å²) in [6, 6.07) is 4.94. The van der Waals surface area contributed by atoms with Gasteiger partial charge in [0.15, 0.2) is 5.15 Å². The van der Waals surface area contributed by atoms with Crippen molar-refractivity contribution in [2.75, 3.05) is 4.72 Å². The molecule has 0 spiro atoms.